The highest BCUT2D eigenvalue weighted by Gasteiger charge is 1.98. The number of rotatable bonds is 3. The summed E-state index contributed by atoms with van der Waals surface area (Å²) in [6, 6.07) is 13.6. The number of nitrogens with two attached hydrogens (primary N) is 1. The molecular weight excluding hydrogens is 200 g/mol. The molecule has 0 fully saturated rings. The molecule has 82 valence electrons. The Labute approximate surface area is 94.9 Å². The van der Waals surface area contributed by atoms with E-state index in [4.69, 9.17) is 10.5 Å². The Morgan fingerprint density at radius 3 is 2.50 bits per heavy atom. The summed E-state index contributed by atoms with van der Waals surface area (Å²) in [4.78, 5) is 4.26. The first-order valence-electron chi connectivity index (χ1n) is 5.12. The monoisotopic (exact) mass is 214 g/mol. The molecule has 2 N–H and O–H groups in total. The summed E-state index contributed by atoms with van der Waals surface area (Å²) in [5.41, 5.74) is 7.80. The van der Waals surface area contributed by atoms with Gasteiger partial charge in [-0.2, -0.15) is 0 Å². The lowest BCUT2D eigenvalue weighted by atomic mass is 10.1. The molecule has 0 atom stereocenters. The van der Waals surface area contributed by atoms with Gasteiger partial charge in [-0.1, -0.05) is 18.2 Å². The van der Waals surface area contributed by atoms with Crippen molar-refractivity contribution in [2.45, 2.75) is 6.42 Å². The molecule has 1 aromatic carbocycles. The van der Waals surface area contributed by atoms with Crippen LogP contribution in [0.15, 0.2) is 42.5 Å². The Morgan fingerprint density at radius 1 is 1.12 bits per heavy atom. The van der Waals surface area contributed by atoms with Crippen LogP contribution in [0.2, 0.25) is 0 Å². The molecule has 3 nitrogen and oxygen atoms in total. The van der Waals surface area contributed by atoms with E-state index >= 15 is 0 Å². The van der Waals surface area contributed by atoms with Crippen LogP contribution in [-0.4, -0.2) is 12.1 Å². The van der Waals surface area contributed by atoms with Gasteiger partial charge in [0.15, 0.2) is 0 Å². The minimum Gasteiger partial charge on any atom is -0.497 e. The van der Waals surface area contributed by atoms with Gasteiger partial charge in [0.05, 0.1) is 7.11 Å². The van der Waals surface area contributed by atoms with Crippen molar-refractivity contribution >= 4 is 5.82 Å². The zero-order chi connectivity index (χ0) is 11.4. The van der Waals surface area contributed by atoms with Crippen LogP contribution >= 0.6 is 0 Å². The van der Waals surface area contributed by atoms with Crippen molar-refractivity contribution in [3.8, 4) is 5.75 Å². The smallest absolute Gasteiger partial charge is 0.123 e. The SMILES string of the molecule is COc1ccc(Cc2cccc(N)n2)cc1. The van der Waals surface area contributed by atoms with Crippen LogP contribution in [0.1, 0.15) is 11.3 Å². The third-order valence-electron chi connectivity index (χ3n) is 2.37. The van der Waals surface area contributed by atoms with Crippen molar-refractivity contribution in [2.24, 2.45) is 0 Å². The molecule has 0 saturated heterocycles. The maximum absolute atomic E-state index is 5.63. The van der Waals surface area contributed by atoms with E-state index in [2.05, 4.69) is 4.98 Å². The number of hydrogen-bond donors (Lipinski definition) is 1. The lowest BCUT2D eigenvalue weighted by Gasteiger charge is -2.03. The number of benzene rings is 1. The van der Waals surface area contributed by atoms with Gasteiger partial charge in [-0.05, 0) is 29.8 Å². The lowest BCUT2D eigenvalue weighted by Crippen LogP contribution is -1.96. The van der Waals surface area contributed by atoms with Gasteiger partial charge in [0, 0.05) is 12.1 Å². The lowest BCUT2D eigenvalue weighted by molar-refractivity contribution is 0.414. The van der Waals surface area contributed by atoms with Crippen molar-refractivity contribution in [3.05, 3.63) is 53.7 Å². The fourth-order valence-electron chi connectivity index (χ4n) is 1.55. The standard InChI is InChI=1S/C13H14N2O/c1-16-12-7-5-10(6-8-12)9-11-3-2-4-13(14)15-11/h2-8H,9H2,1H3,(H2,14,15). The molecular formula is C13H14N2O. The highest BCUT2D eigenvalue weighted by Crippen LogP contribution is 2.14. The number of ether oxygens (including phenoxy) is 1. The van der Waals surface area contributed by atoms with Gasteiger partial charge in [0.1, 0.15) is 11.6 Å². The Morgan fingerprint density at radius 2 is 1.88 bits per heavy atom. The summed E-state index contributed by atoms with van der Waals surface area (Å²) in [5.74, 6) is 1.43. The Bertz CT molecular complexity index is 466. The second kappa shape index (κ2) is 4.66. The summed E-state index contributed by atoms with van der Waals surface area (Å²) < 4.78 is 5.10. The van der Waals surface area contributed by atoms with E-state index in [1.165, 1.54) is 5.56 Å². The van der Waals surface area contributed by atoms with Gasteiger partial charge in [-0.25, -0.2) is 4.98 Å². The number of nitrogen functional groups attached to an aromatic ring is 1. The number of nitrogens with zero attached hydrogens (tertiary/aromatic N) is 1. The van der Waals surface area contributed by atoms with Crippen LogP contribution in [0.5, 0.6) is 5.75 Å². The van der Waals surface area contributed by atoms with E-state index < -0.39 is 0 Å². The molecule has 0 spiro atoms. The zero-order valence-electron chi connectivity index (χ0n) is 9.18. The molecule has 0 aliphatic rings. The zero-order valence-corrected chi connectivity index (χ0v) is 9.18. The molecule has 3 heteroatoms. The van der Waals surface area contributed by atoms with Gasteiger partial charge in [-0.3, -0.25) is 0 Å². The van der Waals surface area contributed by atoms with Crippen molar-refractivity contribution in [1.82, 2.24) is 4.98 Å². The fourth-order valence-corrected chi connectivity index (χ4v) is 1.55. The quantitative estimate of drug-likeness (QED) is 0.852. The van der Waals surface area contributed by atoms with Gasteiger partial charge in [0.25, 0.3) is 0 Å². The third kappa shape index (κ3) is 2.51. The molecule has 1 aromatic heterocycles. The largest absolute Gasteiger partial charge is 0.497 e. The first-order chi connectivity index (χ1) is 7.78. The highest BCUT2D eigenvalue weighted by molar-refractivity contribution is 5.33. The van der Waals surface area contributed by atoms with Gasteiger partial charge in [-0.15, -0.1) is 0 Å². The van der Waals surface area contributed by atoms with Crippen LogP contribution in [-0.2, 0) is 6.42 Å². The molecule has 2 rings (SSSR count). The number of methoxy groups -OCH3 is 1. The molecule has 0 bridgehead atoms. The number of hydrogen-bond acceptors (Lipinski definition) is 3. The maximum Gasteiger partial charge on any atom is 0.123 e. The Kier molecular flexibility index (Phi) is 3.05. The van der Waals surface area contributed by atoms with Crippen molar-refractivity contribution < 1.29 is 4.74 Å². The minimum atomic E-state index is 0.561. The van der Waals surface area contributed by atoms with E-state index in [-0.39, 0.29) is 0 Å². The Balaban J connectivity index is 2.14. The van der Waals surface area contributed by atoms with Crippen LogP contribution < -0.4 is 10.5 Å². The molecule has 0 radical (unpaired) electrons. The molecule has 16 heavy (non-hydrogen) atoms. The predicted molar refractivity (Wildman–Crippen MR) is 64.4 cm³/mol. The van der Waals surface area contributed by atoms with E-state index in [1.807, 2.05) is 36.4 Å². The van der Waals surface area contributed by atoms with E-state index in [9.17, 15) is 0 Å². The van der Waals surface area contributed by atoms with Gasteiger partial charge < -0.3 is 10.5 Å². The average molecular weight is 214 g/mol. The molecule has 0 unspecified atom stereocenters. The molecule has 2 aromatic rings. The third-order valence-corrected chi connectivity index (χ3v) is 2.37. The molecule has 1 heterocycles. The molecule has 0 aliphatic carbocycles. The van der Waals surface area contributed by atoms with E-state index in [1.54, 1.807) is 13.2 Å². The second-order valence-electron chi connectivity index (χ2n) is 3.58. The number of aromatic nitrogens is 1. The first-order valence-corrected chi connectivity index (χ1v) is 5.12. The second-order valence-corrected chi connectivity index (χ2v) is 3.58. The van der Waals surface area contributed by atoms with Gasteiger partial charge >= 0.3 is 0 Å². The van der Waals surface area contributed by atoms with Crippen LogP contribution in [0.3, 0.4) is 0 Å². The van der Waals surface area contributed by atoms with E-state index in [0.29, 0.717) is 5.82 Å². The summed E-state index contributed by atoms with van der Waals surface area (Å²) in [6.45, 7) is 0. The summed E-state index contributed by atoms with van der Waals surface area (Å²) in [5, 5.41) is 0. The maximum atomic E-state index is 5.63. The molecule has 0 amide bonds. The number of anilines is 1. The predicted octanol–water partition coefficient (Wildman–Crippen LogP) is 2.26. The minimum absolute atomic E-state index is 0.561. The normalized spacial score (nSPS) is 10.1. The topological polar surface area (TPSA) is 48.1 Å². The summed E-state index contributed by atoms with van der Waals surface area (Å²) in [7, 11) is 1.66. The molecule has 0 aliphatic heterocycles. The fraction of sp³-hybridized carbons (Fsp3) is 0.154. The summed E-state index contributed by atoms with van der Waals surface area (Å²) >= 11 is 0. The van der Waals surface area contributed by atoms with Crippen LogP contribution in [0, 0.1) is 0 Å². The van der Waals surface area contributed by atoms with Crippen LogP contribution in [0.25, 0.3) is 0 Å². The van der Waals surface area contributed by atoms with Crippen molar-refractivity contribution in [1.29, 1.82) is 0 Å². The molecule has 0 saturated carbocycles. The Hall–Kier alpha value is -2.03. The summed E-state index contributed by atoms with van der Waals surface area (Å²) in [6.07, 6.45) is 0.787. The van der Waals surface area contributed by atoms with Crippen molar-refractivity contribution in [2.75, 3.05) is 12.8 Å². The van der Waals surface area contributed by atoms with Gasteiger partial charge in [0.2, 0.25) is 0 Å². The number of pyridine rings is 1. The highest BCUT2D eigenvalue weighted by atomic mass is 16.5. The average Bonchev–Trinajstić information content (AvgIpc) is 2.30. The first kappa shape index (κ1) is 10.5. The van der Waals surface area contributed by atoms with Crippen molar-refractivity contribution in [3.63, 3.8) is 0 Å². The van der Waals surface area contributed by atoms with Crippen LogP contribution in [0.4, 0.5) is 5.82 Å². The van der Waals surface area contributed by atoms with E-state index in [0.717, 1.165) is 17.9 Å².